The van der Waals surface area contributed by atoms with Crippen molar-refractivity contribution in [1.82, 2.24) is 16.0 Å². The first-order chi connectivity index (χ1) is 11.0. The third-order valence-corrected chi connectivity index (χ3v) is 4.05. The number of hydrogen-bond acceptors (Lipinski definition) is 3. The van der Waals surface area contributed by atoms with Crippen LogP contribution in [0.1, 0.15) is 64.7 Å². The van der Waals surface area contributed by atoms with Gasteiger partial charge in [-0.15, -0.1) is 0 Å². The fourth-order valence-electron chi connectivity index (χ4n) is 2.65. The van der Waals surface area contributed by atoms with Crippen molar-refractivity contribution in [2.24, 2.45) is 0 Å². The van der Waals surface area contributed by atoms with Crippen molar-refractivity contribution in [3.8, 4) is 0 Å². The Morgan fingerprint density at radius 1 is 1.09 bits per heavy atom. The lowest BCUT2D eigenvalue weighted by Crippen LogP contribution is -2.43. The van der Waals surface area contributed by atoms with E-state index < -0.39 is 12.0 Å². The highest BCUT2D eigenvalue weighted by molar-refractivity contribution is 5.83. The molecule has 23 heavy (non-hydrogen) atoms. The molecule has 0 unspecified atom stereocenters. The molecule has 0 aromatic carbocycles. The van der Waals surface area contributed by atoms with Gasteiger partial charge >= 0.3 is 12.0 Å². The molecule has 1 atom stereocenters. The lowest BCUT2D eigenvalue weighted by molar-refractivity contribution is -0.141. The summed E-state index contributed by atoms with van der Waals surface area (Å²) in [5.74, 6) is -1.28. The Morgan fingerprint density at radius 2 is 1.78 bits per heavy atom. The number of unbranched alkanes of at least 4 members (excludes halogenated alkanes) is 2. The van der Waals surface area contributed by atoms with Gasteiger partial charge in [-0.3, -0.25) is 9.59 Å². The van der Waals surface area contributed by atoms with E-state index in [2.05, 4.69) is 16.0 Å². The van der Waals surface area contributed by atoms with Crippen LogP contribution >= 0.6 is 0 Å². The molecule has 1 saturated carbocycles. The molecule has 7 heteroatoms. The van der Waals surface area contributed by atoms with Crippen molar-refractivity contribution in [3.63, 3.8) is 0 Å². The standard InChI is InChI=1S/C16H29N3O4/c1-12(15(21)22)18-14(20)10-6-3-7-11-17-16(23)19-13-8-4-2-5-9-13/h12-13H,2-11H2,1H3,(H,18,20)(H,21,22)(H2,17,19,23)/t12-/m1/s1. The molecule has 4 N–H and O–H groups in total. The fraction of sp³-hybridized carbons (Fsp3) is 0.812. The zero-order valence-corrected chi connectivity index (χ0v) is 13.9. The molecule has 1 aliphatic carbocycles. The summed E-state index contributed by atoms with van der Waals surface area (Å²) in [6.45, 7) is 2.03. The van der Waals surface area contributed by atoms with Crippen LogP contribution in [0.4, 0.5) is 4.79 Å². The van der Waals surface area contributed by atoms with Crippen molar-refractivity contribution in [1.29, 1.82) is 0 Å². The normalized spacial score (nSPS) is 16.4. The van der Waals surface area contributed by atoms with Gasteiger partial charge in [0.15, 0.2) is 0 Å². The first-order valence-electron chi connectivity index (χ1n) is 8.55. The molecular weight excluding hydrogens is 298 g/mol. The average Bonchev–Trinajstić information content (AvgIpc) is 2.51. The fourth-order valence-corrected chi connectivity index (χ4v) is 2.65. The number of carbonyl (C=O) groups is 3. The maximum absolute atomic E-state index is 11.7. The second kappa shape index (κ2) is 10.9. The number of urea groups is 1. The van der Waals surface area contributed by atoms with E-state index in [1.165, 1.54) is 26.2 Å². The Bertz CT molecular complexity index is 395. The number of carbonyl (C=O) groups excluding carboxylic acids is 2. The zero-order valence-electron chi connectivity index (χ0n) is 13.9. The van der Waals surface area contributed by atoms with Crippen molar-refractivity contribution in [2.45, 2.75) is 76.8 Å². The molecule has 0 spiro atoms. The van der Waals surface area contributed by atoms with Crippen molar-refractivity contribution < 1.29 is 19.5 Å². The molecule has 132 valence electrons. The van der Waals surface area contributed by atoms with Crippen LogP contribution < -0.4 is 16.0 Å². The Hall–Kier alpha value is -1.79. The van der Waals surface area contributed by atoms with Gasteiger partial charge in [0.05, 0.1) is 0 Å². The van der Waals surface area contributed by atoms with Gasteiger partial charge in [0.25, 0.3) is 0 Å². The molecule has 0 radical (unpaired) electrons. The second-order valence-electron chi connectivity index (χ2n) is 6.17. The molecule has 0 saturated heterocycles. The highest BCUT2D eigenvalue weighted by Gasteiger charge is 2.15. The van der Waals surface area contributed by atoms with Gasteiger partial charge in [-0.25, -0.2) is 4.79 Å². The average molecular weight is 327 g/mol. The molecule has 1 fully saturated rings. The minimum absolute atomic E-state index is 0.107. The van der Waals surface area contributed by atoms with Gasteiger partial charge in [-0.1, -0.05) is 25.7 Å². The number of hydrogen-bond donors (Lipinski definition) is 4. The van der Waals surface area contributed by atoms with Crippen LogP contribution in [-0.4, -0.2) is 41.6 Å². The maximum Gasteiger partial charge on any atom is 0.325 e. The number of amides is 3. The predicted molar refractivity (Wildman–Crippen MR) is 87.1 cm³/mol. The van der Waals surface area contributed by atoms with Crippen molar-refractivity contribution in [2.75, 3.05) is 6.54 Å². The van der Waals surface area contributed by atoms with Gasteiger partial charge in [-0.2, -0.15) is 0 Å². The molecule has 7 nitrogen and oxygen atoms in total. The summed E-state index contributed by atoms with van der Waals surface area (Å²) in [7, 11) is 0. The first kappa shape index (κ1) is 19.3. The van der Waals surface area contributed by atoms with Gasteiger partial charge < -0.3 is 21.1 Å². The summed E-state index contributed by atoms with van der Waals surface area (Å²) in [5.41, 5.74) is 0. The van der Waals surface area contributed by atoms with E-state index >= 15 is 0 Å². The molecule has 0 bridgehead atoms. The number of nitrogens with one attached hydrogen (secondary N) is 3. The Morgan fingerprint density at radius 3 is 2.43 bits per heavy atom. The van der Waals surface area contributed by atoms with E-state index in [9.17, 15) is 14.4 Å². The van der Waals surface area contributed by atoms with E-state index in [1.54, 1.807) is 0 Å². The lowest BCUT2D eigenvalue weighted by Gasteiger charge is -2.22. The third kappa shape index (κ3) is 9.05. The molecule has 1 aliphatic rings. The summed E-state index contributed by atoms with van der Waals surface area (Å²) in [5, 5.41) is 16.9. The summed E-state index contributed by atoms with van der Waals surface area (Å²) < 4.78 is 0. The van der Waals surface area contributed by atoms with Crippen LogP contribution in [0.5, 0.6) is 0 Å². The summed E-state index contributed by atoms with van der Waals surface area (Å²) in [6.07, 6.45) is 8.39. The van der Waals surface area contributed by atoms with Gasteiger partial charge in [0.2, 0.25) is 5.91 Å². The second-order valence-corrected chi connectivity index (χ2v) is 6.17. The minimum atomic E-state index is -1.04. The molecule has 0 heterocycles. The van der Waals surface area contributed by atoms with Crippen molar-refractivity contribution >= 4 is 17.9 Å². The van der Waals surface area contributed by atoms with Gasteiger partial charge in [0, 0.05) is 19.0 Å². The molecule has 0 aliphatic heterocycles. The topological polar surface area (TPSA) is 108 Å². The van der Waals surface area contributed by atoms with E-state index in [4.69, 9.17) is 5.11 Å². The number of aliphatic carboxylic acids is 1. The van der Waals surface area contributed by atoms with E-state index in [0.717, 1.165) is 25.7 Å². The Kier molecular flexibility index (Phi) is 9.09. The minimum Gasteiger partial charge on any atom is -0.480 e. The summed E-state index contributed by atoms with van der Waals surface area (Å²) >= 11 is 0. The quantitative estimate of drug-likeness (QED) is 0.484. The van der Waals surface area contributed by atoms with Crippen LogP contribution in [-0.2, 0) is 9.59 Å². The predicted octanol–water partition coefficient (Wildman–Crippen LogP) is 1.77. The molecule has 1 rings (SSSR count). The van der Waals surface area contributed by atoms with E-state index in [0.29, 0.717) is 25.4 Å². The van der Waals surface area contributed by atoms with Crippen molar-refractivity contribution in [3.05, 3.63) is 0 Å². The van der Waals surface area contributed by atoms with E-state index in [-0.39, 0.29) is 11.9 Å². The smallest absolute Gasteiger partial charge is 0.325 e. The molecular formula is C16H29N3O4. The molecule has 3 amide bonds. The van der Waals surface area contributed by atoms with Crippen LogP contribution in [0.2, 0.25) is 0 Å². The SMILES string of the molecule is C[C@@H](NC(=O)CCCCCNC(=O)NC1CCCCC1)C(=O)O. The number of carboxylic acids is 1. The third-order valence-electron chi connectivity index (χ3n) is 4.05. The highest BCUT2D eigenvalue weighted by atomic mass is 16.4. The Balaban J connectivity index is 1.97. The molecule has 0 aromatic rings. The Labute approximate surface area is 137 Å². The maximum atomic E-state index is 11.7. The molecule has 0 aromatic heterocycles. The van der Waals surface area contributed by atoms with Gasteiger partial charge in [-0.05, 0) is 32.6 Å². The van der Waals surface area contributed by atoms with Crippen LogP contribution in [0.15, 0.2) is 0 Å². The first-order valence-corrected chi connectivity index (χ1v) is 8.55. The van der Waals surface area contributed by atoms with Crippen LogP contribution in [0.25, 0.3) is 0 Å². The number of rotatable bonds is 9. The monoisotopic (exact) mass is 327 g/mol. The largest absolute Gasteiger partial charge is 0.480 e. The van der Waals surface area contributed by atoms with E-state index in [1.807, 2.05) is 0 Å². The van der Waals surface area contributed by atoms with Crippen LogP contribution in [0.3, 0.4) is 0 Å². The van der Waals surface area contributed by atoms with Gasteiger partial charge in [0.1, 0.15) is 6.04 Å². The highest BCUT2D eigenvalue weighted by Crippen LogP contribution is 2.17. The summed E-state index contributed by atoms with van der Waals surface area (Å²) in [4.78, 5) is 33.8. The summed E-state index contributed by atoms with van der Waals surface area (Å²) in [6, 6.07) is -0.652. The van der Waals surface area contributed by atoms with Crippen LogP contribution in [0, 0.1) is 0 Å². The number of carboxylic acid groups (broad SMARTS) is 1. The zero-order chi connectivity index (χ0) is 17.1. The lowest BCUT2D eigenvalue weighted by atomic mass is 9.96.